The maximum atomic E-state index is 13.5. The minimum Gasteiger partial charge on any atom is -0.382 e. The van der Waals surface area contributed by atoms with E-state index < -0.39 is 0 Å². The van der Waals surface area contributed by atoms with Gasteiger partial charge in [0.2, 0.25) is 0 Å². The van der Waals surface area contributed by atoms with E-state index in [1.165, 1.54) is 17.4 Å². The highest BCUT2D eigenvalue weighted by atomic mass is 32.1. The molecule has 2 rings (SSSR count). The monoisotopic (exact) mass is 308 g/mol. The Labute approximate surface area is 126 Å². The minimum atomic E-state index is -0.356. The quantitative estimate of drug-likeness (QED) is 0.793. The first kappa shape index (κ1) is 15.2. The lowest BCUT2D eigenvalue weighted by atomic mass is 10.2. The lowest BCUT2D eigenvalue weighted by Gasteiger charge is -2.05. The first-order valence-corrected chi connectivity index (χ1v) is 7.33. The minimum absolute atomic E-state index is 0.107. The summed E-state index contributed by atoms with van der Waals surface area (Å²) in [6.45, 7) is 4.04. The second-order valence-corrected chi connectivity index (χ2v) is 5.81. The molecule has 1 amide bonds. The van der Waals surface area contributed by atoms with Crippen molar-refractivity contribution in [2.45, 2.75) is 26.4 Å². The molecule has 1 heterocycles. The van der Waals surface area contributed by atoms with Crippen molar-refractivity contribution in [3.63, 3.8) is 0 Å². The number of carbonyl (C=O) groups is 1. The molecule has 0 unspecified atom stereocenters. The highest BCUT2D eigenvalue weighted by Gasteiger charge is 2.16. The molecule has 21 heavy (non-hydrogen) atoms. The summed E-state index contributed by atoms with van der Waals surface area (Å²) in [5.41, 5.74) is 6.17. The van der Waals surface area contributed by atoms with Gasteiger partial charge in [-0.3, -0.25) is 4.79 Å². The van der Waals surface area contributed by atoms with Gasteiger partial charge < -0.3 is 16.4 Å². The lowest BCUT2D eigenvalue weighted by Crippen LogP contribution is -2.23. The molecule has 7 heteroatoms. The van der Waals surface area contributed by atoms with Crippen LogP contribution in [0.4, 0.5) is 15.3 Å². The molecule has 0 radical (unpaired) electrons. The van der Waals surface area contributed by atoms with E-state index >= 15 is 0 Å². The summed E-state index contributed by atoms with van der Waals surface area (Å²) >= 11 is 1.18. The van der Waals surface area contributed by atoms with Crippen LogP contribution in [0.3, 0.4) is 0 Å². The number of halogens is 1. The van der Waals surface area contributed by atoms with Crippen molar-refractivity contribution in [3.8, 4) is 0 Å². The molecule has 0 bridgehead atoms. The van der Waals surface area contributed by atoms with Gasteiger partial charge in [0.25, 0.3) is 5.91 Å². The van der Waals surface area contributed by atoms with Crippen LogP contribution in [0, 0.1) is 5.82 Å². The Bertz CT molecular complexity index is 642. The van der Waals surface area contributed by atoms with E-state index in [1.807, 2.05) is 13.8 Å². The third kappa shape index (κ3) is 3.91. The van der Waals surface area contributed by atoms with Crippen LogP contribution in [0.5, 0.6) is 0 Å². The molecule has 0 atom stereocenters. The van der Waals surface area contributed by atoms with Gasteiger partial charge in [-0.25, -0.2) is 9.37 Å². The first-order valence-electron chi connectivity index (χ1n) is 6.52. The predicted molar refractivity (Wildman–Crippen MR) is 82.9 cm³/mol. The Hall–Kier alpha value is -2.15. The Morgan fingerprint density at radius 1 is 1.43 bits per heavy atom. The molecule has 4 N–H and O–H groups in total. The molecule has 1 aromatic carbocycles. The zero-order valence-corrected chi connectivity index (χ0v) is 12.6. The lowest BCUT2D eigenvalue weighted by molar-refractivity contribution is 0.0955. The highest BCUT2D eigenvalue weighted by molar-refractivity contribution is 7.18. The fourth-order valence-electron chi connectivity index (χ4n) is 1.70. The number of benzene rings is 1. The van der Waals surface area contributed by atoms with Crippen molar-refractivity contribution in [3.05, 3.63) is 40.5 Å². The number of amides is 1. The number of nitrogens with zero attached hydrogens (tertiary/aromatic N) is 1. The molecule has 1 aromatic heterocycles. The molecule has 5 nitrogen and oxygen atoms in total. The number of carbonyl (C=O) groups excluding carboxylic acids is 1. The van der Waals surface area contributed by atoms with Crippen LogP contribution >= 0.6 is 11.3 Å². The van der Waals surface area contributed by atoms with E-state index in [1.54, 1.807) is 18.2 Å². The zero-order chi connectivity index (χ0) is 15.4. The van der Waals surface area contributed by atoms with E-state index in [4.69, 9.17) is 5.73 Å². The number of nitrogens with one attached hydrogen (secondary N) is 2. The summed E-state index contributed by atoms with van der Waals surface area (Å²) in [7, 11) is 0. The van der Waals surface area contributed by atoms with E-state index in [9.17, 15) is 9.18 Å². The summed E-state index contributed by atoms with van der Waals surface area (Å²) in [6, 6.07) is 6.50. The zero-order valence-electron chi connectivity index (χ0n) is 11.8. The Kier molecular flexibility index (Phi) is 4.74. The molecule has 0 spiro atoms. The largest absolute Gasteiger partial charge is 0.382 e. The molecule has 0 saturated heterocycles. The molecule has 0 aliphatic carbocycles. The van der Waals surface area contributed by atoms with Gasteiger partial charge in [0.1, 0.15) is 16.5 Å². The maximum absolute atomic E-state index is 13.5. The summed E-state index contributed by atoms with van der Waals surface area (Å²) in [5.74, 6) is -0.531. The van der Waals surface area contributed by atoms with E-state index in [0.29, 0.717) is 15.6 Å². The number of aromatic nitrogens is 1. The second-order valence-electron chi connectivity index (χ2n) is 4.81. The third-order valence-electron chi connectivity index (χ3n) is 2.67. The SMILES string of the molecule is CC(C)Nc1nc(N)c(C(=O)NCc2ccccc2F)s1. The van der Waals surface area contributed by atoms with Crippen LogP contribution in [-0.2, 0) is 6.54 Å². The summed E-state index contributed by atoms with van der Waals surface area (Å²) in [5, 5.41) is 6.33. The molecular weight excluding hydrogens is 291 g/mol. The average Bonchev–Trinajstić information content (AvgIpc) is 2.77. The fourth-order valence-corrected chi connectivity index (χ4v) is 2.65. The molecule has 0 fully saturated rings. The smallest absolute Gasteiger partial charge is 0.265 e. The second kappa shape index (κ2) is 6.53. The number of hydrogen-bond donors (Lipinski definition) is 3. The van der Waals surface area contributed by atoms with Crippen LogP contribution in [-0.4, -0.2) is 16.9 Å². The summed E-state index contributed by atoms with van der Waals surface area (Å²) in [4.78, 5) is 16.5. The van der Waals surface area contributed by atoms with Gasteiger partial charge in [-0.05, 0) is 19.9 Å². The van der Waals surface area contributed by atoms with Crippen molar-refractivity contribution in [2.75, 3.05) is 11.1 Å². The van der Waals surface area contributed by atoms with Gasteiger partial charge in [0.15, 0.2) is 5.13 Å². The number of rotatable bonds is 5. The van der Waals surface area contributed by atoms with Gasteiger partial charge in [0.05, 0.1) is 0 Å². The highest BCUT2D eigenvalue weighted by Crippen LogP contribution is 2.25. The maximum Gasteiger partial charge on any atom is 0.265 e. The number of hydrogen-bond acceptors (Lipinski definition) is 5. The van der Waals surface area contributed by atoms with Crippen LogP contribution in [0.2, 0.25) is 0 Å². The van der Waals surface area contributed by atoms with Gasteiger partial charge in [-0.2, -0.15) is 0 Å². The molecule has 2 aromatic rings. The average molecular weight is 308 g/mol. The third-order valence-corrected chi connectivity index (χ3v) is 3.67. The molecule has 0 aliphatic rings. The number of anilines is 2. The number of nitrogens with two attached hydrogens (primary N) is 1. The van der Waals surface area contributed by atoms with Crippen molar-refractivity contribution < 1.29 is 9.18 Å². The normalized spacial score (nSPS) is 10.7. The van der Waals surface area contributed by atoms with Crippen molar-refractivity contribution in [1.29, 1.82) is 0 Å². The molecule has 0 aliphatic heterocycles. The predicted octanol–water partition coefficient (Wildman–Crippen LogP) is 2.61. The summed E-state index contributed by atoms with van der Waals surface area (Å²) in [6.07, 6.45) is 0. The number of thiazole rings is 1. The fraction of sp³-hybridized carbons (Fsp3) is 0.286. The van der Waals surface area contributed by atoms with Crippen LogP contribution < -0.4 is 16.4 Å². The van der Waals surface area contributed by atoms with E-state index in [0.717, 1.165) is 0 Å². The van der Waals surface area contributed by atoms with E-state index in [-0.39, 0.29) is 30.1 Å². The van der Waals surface area contributed by atoms with Crippen molar-refractivity contribution >= 4 is 28.2 Å². The number of nitrogen functional groups attached to an aromatic ring is 1. The van der Waals surface area contributed by atoms with Crippen LogP contribution in [0.1, 0.15) is 29.1 Å². The van der Waals surface area contributed by atoms with Gasteiger partial charge in [0, 0.05) is 18.2 Å². The van der Waals surface area contributed by atoms with E-state index in [2.05, 4.69) is 15.6 Å². The first-order chi connectivity index (χ1) is 9.97. The van der Waals surface area contributed by atoms with Gasteiger partial charge in [-0.15, -0.1) is 0 Å². The van der Waals surface area contributed by atoms with Gasteiger partial charge in [-0.1, -0.05) is 29.5 Å². The Morgan fingerprint density at radius 2 is 2.14 bits per heavy atom. The molecular formula is C14H17FN4OS. The standard InChI is InChI=1S/C14H17FN4OS/c1-8(2)18-14-19-12(16)11(21-14)13(20)17-7-9-5-3-4-6-10(9)15/h3-6,8H,7,16H2,1-2H3,(H,17,20)(H,18,19). The van der Waals surface area contributed by atoms with Gasteiger partial charge >= 0.3 is 0 Å². The van der Waals surface area contributed by atoms with Crippen LogP contribution in [0.25, 0.3) is 0 Å². The summed E-state index contributed by atoms with van der Waals surface area (Å²) < 4.78 is 13.5. The molecule has 0 saturated carbocycles. The van der Waals surface area contributed by atoms with Crippen molar-refractivity contribution in [2.24, 2.45) is 0 Å². The molecule has 112 valence electrons. The Balaban J connectivity index is 2.04. The van der Waals surface area contributed by atoms with Crippen LogP contribution in [0.15, 0.2) is 24.3 Å². The topological polar surface area (TPSA) is 80.0 Å². The van der Waals surface area contributed by atoms with Crippen molar-refractivity contribution in [1.82, 2.24) is 10.3 Å². The Morgan fingerprint density at radius 3 is 2.81 bits per heavy atom.